The summed E-state index contributed by atoms with van der Waals surface area (Å²) in [5.41, 5.74) is 2.50. The predicted octanol–water partition coefficient (Wildman–Crippen LogP) is 3.54. The summed E-state index contributed by atoms with van der Waals surface area (Å²) >= 11 is 0. The first kappa shape index (κ1) is 22.6. The van der Waals surface area contributed by atoms with Crippen LogP contribution < -0.4 is 10.2 Å². The largest absolute Gasteiger partial charge is 2.00 e. The van der Waals surface area contributed by atoms with Gasteiger partial charge in [0.25, 0.3) is 0 Å². The molecule has 0 aromatic heterocycles. The van der Waals surface area contributed by atoms with Crippen molar-refractivity contribution in [3.05, 3.63) is 59.7 Å². The second-order valence-electron chi connectivity index (χ2n) is 6.48. The molecule has 0 aliphatic carbocycles. The first-order valence-corrected chi connectivity index (χ1v) is 7.88. The van der Waals surface area contributed by atoms with E-state index in [1.54, 1.807) is 24.3 Å². The summed E-state index contributed by atoms with van der Waals surface area (Å²) in [5.74, 6) is 1.51. The van der Waals surface area contributed by atoms with E-state index < -0.39 is 0 Å². The third-order valence-corrected chi connectivity index (χ3v) is 3.13. The van der Waals surface area contributed by atoms with Crippen LogP contribution in [-0.4, -0.2) is 48.9 Å². The molecule has 23 heavy (non-hydrogen) atoms. The zero-order valence-electron chi connectivity index (χ0n) is 14.7. The molecular formula is C20H26BaO2. The average molecular weight is 436 g/mol. The predicted molar refractivity (Wildman–Crippen MR) is 94.6 cm³/mol. The molecule has 0 amide bonds. The molecule has 120 valence electrons. The van der Waals surface area contributed by atoms with Crippen molar-refractivity contribution in [2.75, 3.05) is 0 Å². The first-order valence-electron chi connectivity index (χ1n) is 7.88. The van der Waals surface area contributed by atoms with Crippen LogP contribution in [0.3, 0.4) is 0 Å². The number of benzene rings is 2. The molecule has 0 bridgehead atoms. The SMILES string of the molecule is CC(C)Cc1ccc([O-])cc1.CC(C)Cc1ccc([O-])cc1.[Ba+2]. The molecule has 0 N–H and O–H groups in total. The van der Waals surface area contributed by atoms with Gasteiger partial charge in [-0.1, -0.05) is 76.2 Å². The van der Waals surface area contributed by atoms with E-state index in [1.807, 2.05) is 24.3 Å². The molecule has 2 aromatic rings. The van der Waals surface area contributed by atoms with Crippen LogP contribution in [0.2, 0.25) is 0 Å². The Labute approximate surface area is 181 Å². The van der Waals surface area contributed by atoms with E-state index in [9.17, 15) is 10.2 Å². The zero-order chi connectivity index (χ0) is 16.5. The van der Waals surface area contributed by atoms with E-state index >= 15 is 0 Å². The van der Waals surface area contributed by atoms with Crippen molar-refractivity contribution >= 4 is 48.9 Å². The van der Waals surface area contributed by atoms with Crippen LogP contribution in [0, 0.1) is 11.8 Å². The first-order chi connectivity index (χ1) is 10.4. The summed E-state index contributed by atoms with van der Waals surface area (Å²) in [5, 5.41) is 21.4. The van der Waals surface area contributed by atoms with Crippen LogP contribution in [0.5, 0.6) is 11.5 Å². The van der Waals surface area contributed by atoms with Crippen LogP contribution in [0.25, 0.3) is 0 Å². The van der Waals surface area contributed by atoms with Crippen molar-refractivity contribution in [3.63, 3.8) is 0 Å². The molecule has 0 atom stereocenters. The standard InChI is InChI=1S/2C10H14O.Ba/c2*1-8(2)7-9-3-5-10(11)6-4-9;/h2*3-6,8,11H,7H2,1-2H3;/q;;+2/p-2. The molecule has 0 saturated carbocycles. The van der Waals surface area contributed by atoms with Gasteiger partial charge in [-0.25, -0.2) is 0 Å². The summed E-state index contributed by atoms with van der Waals surface area (Å²) in [6.07, 6.45) is 2.11. The van der Waals surface area contributed by atoms with Gasteiger partial charge in [-0.2, -0.15) is 0 Å². The van der Waals surface area contributed by atoms with Crippen molar-refractivity contribution in [1.29, 1.82) is 0 Å². The van der Waals surface area contributed by atoms with Gasteiger partial charge in [0, 0.05) is 0 Å². The summed E-state index contributed by atoms with van der Waals surface area (Å²) in [6.45, 7) is 8.69. The molecule has 0 aliphatic heterocycles. The minimum atomic E-state index is 0. The quantitative estimate of drug-likeness (QED) is 0.690. The van der Waals surface area contributed by atoms with Gasteiger partial charge in [0.15, 0.2) is 0 Å². The molecule has 2 aromatic carbocycles. The Morgan fingerprint density at radius 3 is 1.09 bits per heavy atom. The van der Waals surface area contributed by atoms with Gasteiger partial charge in [-0.3, -0.25) is 0 Å². The topological polar surface area (TPSA) is 46.1 Å². The monoisotopic (exact) mass is 436 g/mol. The molecule has 2 nitrogen and oxygen atoms in total. The van der Waals surface area contributed by atoms with Crippen LogP contribution in [0.4, 0.5) is 0 Å². The van der Waals surface area contributed by atoms with Gasteiger partial charge in [0.1, 0.15) is 0 Å². The van der Waals surface area contributed by atoms with Gasteiger partial charge in [0.2, 0.25) is 0 Å². The smallest absolute Gasteiger partial charge is 0.872 e. The van der Waals surface area contributed by atoms with Gasteiger partial charge in [0.05, 0.1) is 0 Å². The fourth-order valence-electron chi connectivity index (χ4n) is 2.19. The summed E-state index contributed by atoms with van der Waals surface area (Å²) < 4.78 is 0. The van der Waals surface area contributed by atoms with Gasteiger partial charge >= 0.3 is 48.9 Å². The number of hydrogen-bond donors (Lipinski definition) is 0. The Morgan fingerprint density at radius 2 is 0.870 bits per heavy atom. The second-order valence-corrected chi connectivity index (χ2v) is 6.48. The van der Waals surface area contributed by atoms with Crippen LogP contribution in [-0.2, 0) is 12.8 Å². The molecule has 0 saturated heterocycles. The summed E-state index contributed by atoms with van der Waals surface area (Å²) in [4.78, 5) is 0. The maximum absolute atomic E-state index is 10.7. The Bertz CT molecular complexity index is 479. The molecule has 0 spiro atoms. The Balaban J connectivity index is 0.000000403. The minimum absolute atomic E-state index is 0. The molecule has 0 aliphatic rings. The molecule has 2 rings (SSSR count). The maximum atomic E-state index is 10.7. The van der Waals surface area contributed by atoms with Gasteiger partial charge in [-0.15, -0.1) is 11.5 Å². The van der Waals surface area contributed by atoms with E-state index in [1.165, 1.54) is 11.1 Å². The van der Waals surface area contributed by atoms with E-state index in [0.717, 1.165) is 12.8 Å². The van der Waals surface area contributed by atoms with Crippen LogP contribution in [0.15, 0.2) is 48.5 Å². The fourth-order valence-corrected chi connectivity index (χ4v) is 2.19. The van der Waals surface area contributed by atoms with Gasteiger partial charge in [-0.05, 0) is 35.8 Å². The normalized spacial score (nSPS) is 10.0. The molecular weight excluding hydrogens is 410 g/mol. The van der Waals surface area contributed by atoms with Crippen molar-refractivity contribution < 1.29 is 10.2 Å². The summed E-state index contributed by atoms with van der Waals surface area (Å²) in [7, 11) is 0. The second kappa shape index (κ2) is 12.0. The maximum Gasteiger partial charge on any atom is 2.00 e. The van der Waals surface area contributed by atoms with E-state index in [0.29, 0.717) is 11.8 Å². The van der Waals surface area contributed by atoms with Gasteiger partial charge < -0.3 is 10.2 Å². The Kier molecular flexibility index (Phi) is 11.8. The Morgan fingerprint density at radius 1 is 0.609 bits per heavy atom. The molecule has 0 unspecified atom stereocenters. The number of rotatable bonds is 4. The molecule has 0 fully saturated rings. The third kappa shape index (κ3) is 10.9. The molecule has 0 radical (unpaired) electrons. The van der Waals surface area contributed by atoms with Crippen LogP contribution in [0.1, 0.15) is 38.8 Å². The number of hydrogen-bond acceptors (Lipinski definition) is 2. The van der Waals surface area contributed by atoms with Crippen molar-refractivity contribution in [1.82, 2.24) is 0 Å². The fraction of sp³-hybridized carbons (Fsp3) is 0.400. The van der Waals surface area contributed by atoms with E-state index in [4.69, 9.17) is 0 Å². The van der Waals surface area contributed by atoms with Crippen molar-refractivity contribution in [2.24, 2.45) is 11.8 Å². The zero-order valence-corrected chi connectivity index (χ0v) is 19.2. The van der Waals surface area contributed by atoms with Crippen molar-refractivity contribution in [2.45, 2.75) is 40.5 Å². The average Bonchev–Trinajstić information content (AvgIpc) is 2.44. The minimum Gasteiger partial charge on any atom is -0.872 e. The van der Waals surface area contributed by atoms with Crippen LogP contribution >= 0.6 is 0 Å². The molecule has 0 heterocycles. The van der Waals surface area contributed by atoms with Crippen molar-refractivity contribution in [3.8, 4) is 11.5 Å². The summed E-state index contributed by atoms with van der Waals surface area (Å²) in [6, 6.07) is 14.1. The van der Waals surface area contributed by atoms with E-state index in [2.05, 4.69) is 27.7 Å². The third-order valence-electron chi connectivity index (χ3n) is 3.13. The molecule has 3 heteroatoms. The van der Waals surface area contributed by atoms with E-state index in [-0.39, 0.29) is 60.4 Å². The Hall–Kier alpha value is -0.389.